The minimum atomic E-state index is 0.0942. The Morgan fingerprint density at radius 1 is 1.07 bits per heavy atom. The normalized spacial score (nSPS) is 20.1. The molecule has 0 spiro atoms. The van der Waals surface area contributed by atoms with Gasteiger partial charge in [0.25, 0.3) is 5.91 Å². The molecule has 2 fully saturated rings. The predicted octanol–water partition coefficient (Wildman–Crippen LogP) is 3.27. The SMILES string of the molecule is Cc1noc(C)c1-c1cccc2c(C(=O)N3CCN4CCOCC4C3)cccc12. The highest BCUT2D eigenvalue weighted by molar-refractivity contribution is 6.10. The van der Waals surface area contributed by atoms with Crippen molar-refractivity contribution >= 4 is 16.7 Å². The van der Waals surface area contributed by atoms with Crippen LogP contribution in [0.2, 0.25) is 0 Å². The molecular formula is C23H25N3O3. The van der Waals surface area contributed by atoms with E-state index in [1.165, 1.54) is 0 Å². The maximum atomic E-state index is 13.5. The van der Waals surface area contributed by atoms with E-state index in [9.17, 15) is 4.79 Å². The summed E-state index contributed by atoms with van der Waals surface area (Å²) in [6, 6.07) is 12.4. The number of nitrogens with zero attached hydrogens (tertiary/aromatic N) is 3. The van der Waals surface area contributed by atoms with Crippen molar-refractivity contribution in [2.24, 2.45) is 0 Å². The van der Waals surface area contributed by atoms with Gasteiger partial charge in [0.2, 0.25) is 0 Å². The lowest BCUT2D eigenvalue weighted by atomic mass is 9.94. The summed E-state index contributed by atoms with van der Waals surface area (Å²) in [4.78, 5) is 17.9. The van der Waals surface area contributed by atoms with Crippen LogP contribution in [0.4, 0.5) is 0 Å². The molecule has 0 radical (unpaired) electrons. The summed E-state index contributed by atoms with van der Waals surface area (Å²) >= 11 is 0. The first-order valence-electron chi connectivity index (χ1n) is 10.2. The fourth-order valence-corrected chi connectivity index (χ4v) is 4.68. The molecule has 2 aliphatic rings. The number of carbonyl (C=O) groups is 1. The molecule has 0 bridgehead atoms. The number of morpholine rings is 1. The molecule has 0 saturated carbocycles. The van der Waals surface area contributed by atoms with Crippen molar-refractivity contribution in [3.05, 3.63) is 53.4 Å². The third-order valence-corrected chi connectivity index (χ3v) is 6.18. The lowest BCUT2D eigenvalue weighted by molar-refractivity contribution is -0.0394. The number of piperazine rings is 1. The molecule has 5 rings (SSSR count). The van der Waals surface area contributed by atoms with Crippen LogP contribution in [0.5, 0.6) is 0 Å². The summed E-state index contributed by atoms with van der Waals surface area (Å²) in [5, 5.41) is 6.12. The molecule has 1 amide bonds. The van der Waals surface area contributed by atoms with Gasteiger partial charge in [-0.25, -0.2) is 0 Å². The maximum absolute atomic E-state index is 13.5. The minimum Gasteiger partial charge on any atom is -0.378 e. The molecule has 1 aromatic heterocycles. The van der Waals surface area contributed by atoms with E-state index in [2.05, 4.69) is 22.2 Å². The van der Waals surface area contributed by atoms with Crippen LogP contribution in [0.25, 0.3) is 21.9 Å². The van der Waals surface area contributed by atoms with E-state index in [0.717, 1.165) is 71.7 Å². The van der Waals surface area contributed by atoms with Crippen molar-refractivity contribution in [2.45, 2.75) is 19.9 Å². The van der Waals surface area contributed by atoms with Crippen molar-refractivity contribution in [3.63, 3.8) is 0 Å². The van der Waals surface area contributed by atoms with Crippen LogP contribution in [0.15, 0.2) is 40.9 Å². The number of rotatable bonds is 2. The molecule has 1 unspecified atom stereocenters. The average Bonchev–Trinajstić information content (AvgIpc) is 3.10. The van der Waals surface area contributed by atoms with Gasteiger partial charge in [-0.05, 0) is 36.2 Å². The van der Waals surface area contributed by atoms with Crippen molar-refractivity contribution in [1.29, 1.82) is 0 Å². The number of aromatic nitrogens is 1. The molecule has 2 saturated heterocycles. The quantitative estimate of drug-likeness (QED) is 0.671. The molecule has 0 N–H and O–H groups in total. The highest BCUT2D eigenvalue weighted by Crippen LogP contribution is 2.34. The van der Waals surface area contributed by atoms with Gasteiger partial charge in [-0.2, -0.15) is 0 Å². The highest BCUT2D eigenvalue weighted by atomic mass is 16.5. The molecule has 6 nitrogen and oxygen atoms in total. The number of hydrogen-bond acceptors (Lipinski definition) is 5. The number of benzene rings is 2. The van der Waals surface area contributed by atoms with Crippen LogP contribution in [0.3, 0.4) is 0 Å². The first-order chi connectivity index (χ1) is 14.1. The van der Waals surface area contributed by atoms with Gasteiger partial charge < -0.3 is 14.2 Å². The minimum absolute atomic E-state index is 0.0942. The van der Waals surface area contributed by atoms with Gasteiger partial charge in [0.1, 0.15) is 5.76 Å². The van der Waals surface area contributed by atoms with E-state index in [1.54, 1.807) is 0 Å². The van der Waals surface area contributed by atoms with Gasteiger partial charge in [0.05, 0.1) is 24.9 Å². The molecule has 3 aromatic rings. The van der Waals surface area contributed by atoms with Gasteiger partial charge >= 0.3 is 0 Å². The van der Waals surface area contributed by atoms with Crippen molar-refractivity contribution in [3.8, 4) is 11.1 Å². The Bertz CT molecular complexity index is 1050. The largest absolute Gasteiger partial charge is 0.378 e. The molecule has 29 heavy (non-hydrogen) atoms. The zero-order valence-electron chi connectivity index (χ0n) is 16.9. The van der Waals surface area contributed by atoms with Gasteiger partial charge in [0.15, 0.2) is 0 Å². The monoisotopic (exact) mass is 391 g/mol. The van der Waals surface area contributed by atoms with Crippen LogP contribution in [0.1, 0.15) is 21.8 Å². The number of carbonyl (C=O) groups excluding carboxylic acids is 1. The van der Waals surface area contributed by atoms with Crippen LogP contribution in [-0.4, -0.2) is 66.3 Å². The van der Waals surface area contributed by atoms with Crippen molar-refractivity contribution in [2.75, 3.05) is 39.4 Å². The van der Waals surface area contributed by atoms with Crippen LogP contribution in [0, 0.1) is 13.8 Å². The Morgan fingerprint density at radius 3 is 2.72 bits per heavy atom. The second-order valence-electron chi connectivity index (χ2n) is 7.92. The van der Waals surface area contributed by atoms with Gasteiger partial charge in [-0.1, -0.05) is 35.5 Å². The third-order valence-electron chi connectivity index (χ3n) is 6.18. The van der Waals surface area contributed by atoms with E-state index in [4.69, 9.17) is 9.26 Å². The Balaban J connectivity index is 1.53. The number of aryl methyl sites for hydroxylation is 2. The fourth-order valence-electron chi connectivity index (χ4n) is 4.68. The average molecular weight is 391 g/mol. The van der Waals surface area contributed by atoms with Crippen LogP contribution in [-0.2, 0) is 4.74 Å². The van der Waals surface area contributed by atoms with Crippen LogP contribution >= 0.6 is 0 Å². The zero-order valence-corrected chi connectivity index (χ0v) is 16.9. The first kappa shape index (κ1) is 18.3. The maximum Gasteiger partial charge on any atom is 0.254 e. The summed E-state index contributed by atoms with van der Waals surface area (Å²) in [7, 11) is 0. The van der Waals surface area contributed by atoms with Gasteiger partial charge in [-0.3, -0.25) is 9.69 Å². The summed E-state index contributed by atoms with van der Waals surface area (Å²) in [6.45, 7) is 8.72. The topological polar surface area (TPSA) is 58.8 Å². The summed E-state index contributed by atoms with van der Waals surface area (Å²) < 4.78 is 11.0. The van der Waals surface area contributed by atoms with Gasteiger partial charge in [0, 0.05) is 37.3 Å². The number of hydrogen-bond donors (Lipinski definition) is 0. The predicted molar refractivity (Wildman–Crippen MR) is 111 cm³/mol. The van der Waals surface area contributed by atoms with E-state index >= 15 is 0 Å². The second-order valence-corrected chi connectivity index (χ2v) is 7.92. The molecule has 2 aliphatic heterocycles. The van der Waals surface area contributed by atoms with Crippen LogP contribution < -0.4 is 0 Å². The highest BCUT2D eigenvalue weighted by Gasteiger charge is 2.32. The third kappa shape index (κ3) is 3.12. The smallest absolute Gasteiger partial charge is 0.254 e. The van der Waals surface area contributed by atoms with Gasteiger partial charge in [-0.15, -0.1) is 0 Å². The van der Waals surface area contributed by atoms with Crippen molar-refractivity contribution < 1.29 is 14.1 Å². The summed E-state index contributed by atoms with van der Waals surface area (Å²) in [5.41, 5.74) is 3.67. The lowest BCUT2D eigenvalue weighted by Gasteiger charge is -2.43. The molecule has 1 atom stereocenters. The summed E-state index contributed by atoms with van der Waals surface area (Å²) in [5.74, 6) is 0.886. The summed E-state index contributed by atoms with van der Waals surface area (Å²) in [6.07, 6.45) is 0. The Kier molecular flexibility index (Phi) is 4.60. The number of amides is 1. The Morgan fingerprint density at radius 2 is 1.90 bits per heavy atom. The van der Waals surface area contributed by atoms with E-state index < -0.39 is 0 Å². The molecule has 150 valence electrons. The Hall–Kier alpha value is -2.70. The Labute approximate surface area is 170 Å². The molecule has 2 aromatic carbocycles. The van der Waals surface area contributed by atoms with E-state index in [-0.39, 0.29) is 5.91 Å². The molecule has 3 heterocycles. The molecule has 6 heteroatoms. The lowest BCUT2D eigenvalue weighted by Crippen LogP contribution is -2.59. The van der Waals surface area contributed by atoms with E-state index in [0.29, 0.717) is 12.6 Å². The second kappa shape index (κ2) is 7.28. The number of fused-ring (bicyclic) bond motifs is 2. The standard InChI is InChI=1S/C23H25N3O3/c1-15-22(16(2)29-24-15)20-7-3-6-19-18(20)5-4-8-21(19)23(27)26-10-9-25-11-12-28-14-17(25)13-26/h3-8,17H,9-14H2,1-2H3. The zero-order chi connectivity index (χ0) is 20.0. The molecule has 0 aliphatic carbocycles. The first-order valence-corrected chi connectivity index (χ1v) is 10.2. The van der Waals surface area contributed by atoms with E-state index in [1.807, 2.05) is 43.0 Å². The van der Waals surface area contributed by atoms with Crippen molar-refractivity contribution in [1.82, 2.24) is 15.0 Å². The molecular weight excluding hydrogens is 366 g/mol. The fraction of sp³-hybridized carbons (Fsp3) is 0.391. The number of ether oxygens (including phenoxy) is 1.